The van der Waals surface area contributed by atoms with Crippen LogP contribution in [0.1, 0.15) is 18.1 Å². The summed E-state index contributed by atoms with van der Waals surface area (Å²) in [5.41, 5.74) is 2.39. The molecule has 130 valence electrons. The quantitative estimate of drug-likeness (QED) is 0.801. The van der Waals surface area contributed by atoms with Gasteiger partial charge in [0.25, 0.3) is 0 Å². The first-order chi connectivity index (χ1) is 11.1. The van der Waals surface area contributed by atoms with E-state index in [9.17, 15) is 9.18 Å². The molecule has 0 saturated carbocycles. The molecule has 0 heterocycles. The average Bonchev–Trinajstić information content (AvgIpc) is 2.54. The first-order valence-corrected chi connectivity index (χ1v) is 7.55. The number of ether oxygens (including phenoxy) is 1. The first kappa shape index (κ1) is 19.9. The molecule has 1 amide bonds. The van der Waals surface area contributed by atoms with Gasteiger partial charge in [0, 0.05) is 12.2 Å². The maximum absolute atomic E-state index is 13.7. The zero-order valence-corrected chi connectivity index (χ0v) is 14.6. The fourth-order valence-electron chi connectivity index (χ4n) is 2.26. The summed E-state index contributed by atoms with van der Waals surface area (Å²) in [6.07, 6.45) is 0.108. The molecule has 0 unspecified atom stereocenters. The number of halogens is 2. The van der Waals surface area contributed by atoms with E-state index in [0.717, 1.165) is 17.8 Å². The molecular formula is C18H22ClFN2O2. The van der Waals surface area contributed by atoms with Crippen molar-refractivity contribution in [2.75, 3.05) is 19.0 Å². The van der Waals surface area contributed by atoms with Crippen molar-refractivity contribution in [3.05, 3.63) is 59.4 Å². The summed E-state index contributed by atoms with van der Waals surface area (Å²) in [7, 11) is 1.41. The van der Waals surface area contributed by atoms with Crippen LogP contribution < -0.4 is 15.4 Å². The molecule has 2 N–H and O–H groups in total. The number of para-hydroxylation sites is 1. The predicted octanol–water partition coefficient (Wildman–Crippen LogP) is 3.55. The van der Waals surface area contributed by atoms with Gasteiger partial charge in [-0.1, -0.05) is 31.2 Å². The lowest BCUT2D eigenvalue weighted by molar-refractivity contribution is -0.115. The van der Waals surface area contributed by atoms with E-state index >= 15 is 0 Å². The molecule has 0 bridgehead atoms. The minimum atomic E-state index is -0.467. The normalized spacial score (nSPS) is 9.96. The van der Waals surface area contributed by atoms with Gasteiger partial charge in [-0.2, -0.15) is 0 Å². The Balaban J connectivity index is 0.00000288. The molecule has 0 aliphatic heterocycles. The van der Waals surface area contributed by atoms with E-state index in [2.05, 4.69) is 10.6 Å². The van der Waals surface area contributed by atoms with Gasteiger partial charge in [-0.25, -0.2) is 4.39 Å². The molecule has 2 aromatic rings. The Morgan fingerprint density at radius 1 is 1.21 bits per heavy atom. The van der Waals surface area contributed by atoms with Gasteiger partial charge in [-0.15, -0.1) is 12.4 Å². The van der Waals surface area contributed by atoms with Gasteiger partial charge in [0.05, 0.1) is 13.5 Å². The van der Waals surface area contributed by atoms with Crippen molar-refractivity contribution in [3.63, 3.8) is 0 Å². The predicted molar refractivity (Wildman–Crippen MR) is 96.4 cm³/mol. The molecule has 0 saturated heterocycles. The lowest BCUT2D eigenvalue weighted by Crippen LogP contribution is -2.18. The standard InChI is InChI=1S/C18H21FN2O2.ClH/c1-3-20-12-14-6-4-5-7-16(14)21-18(22)11-13-8-9-17(23-2)15(19)10-13;/h4-10,20H,3,11-12H2,1-2H3,(H,21,22);1H. The topological polar surface area (TPSA) is 50.4 Å². The van der Waals surface area contributed by atoms with E-state index in [-0.39, 0.29) is 30.5 Å². The summed E-state index contributed by atoms with van der Waals surface area (Å²) in [5.74, 6) is -0.478. The number of anilines is 1. The highest BCUT2D eigenvalue weighted by molar-refractivity contribution is 5.93. The number of carbonyl (C=O) groups excluding carboxylic acids is 1. The Morgan fingerprint density at radius 2 is 1.96 bits per heavy atom. The third-order valence-corrected chi connectivity index (χ3v) is 3.44. The van der Waals surface area contributed by atoms with Crippen LogP contribution in [0.4, 0.5) is 10.1 Å². The highest BCUT2D eigenvalue weighted by Gasteiger charge is 2.09. The zero-order chi connectivity index (χ0) is 16.7. The van der Waals surface area contributed by atoms with Crippen molar-refractivity contribution in [2.45, 2.75) is 19.9 Å². The van der Waals surface area contributed by atoms with Gasteiger partial charge in [-0.3, -0.25) is 4.79 Å². The van der Waals surface area contributed by atoms with Gasteiger partial charge >= 0.3 is 0 Å². The van der Waals surface area contributed by atoms with Crippen LogP contribution in [-0.2, 0) is 17.8 Å². The third-order valence-electron chi connectivity index (χ3n) is 3.44. The Labute approximate surface area is 147 Å². The number of amides is 1. The Kier molecular flexibility index (Phi) is 8.22. The van der Waals surface area contributed by atoms with E-state index in [1.54, 1.807) is 6.07 Å². The van der Waals surface area contributed by atoms with E-state index in [4.69, 9.17) is 4.74 Å². The van der Waals surface area contributed by atoms with Gasteiger partial charge in [0.2, 0.25) is 5.91 Å². The molecule has 6 heteroatoms. The average molecular weight is 353 g/mol. The summed E-state index contributed by atoms with van der Waals surface area (Å²) >= 11 is 0. The summed E-state index contributed by atoms with van der Waals surface area (Å²) in [5, 5.41) is 6.12. The second kappa shape index (κ2) is 9.90. The molecule has 24 heavy (non-hydrogen) atoms. The smallest absolute Gasteiger partial charge is 0.228 e. The number of methoxy groups -OCH3 is 1. The fraction of sp³-hybridized carbons (Fsp3) is 0.278. The Hall–Kier alpha value is -2.11. The summed E-state index contributed by atoms with van der Waals surface area (Å²) in [4.78, 5) is 12.2. The van der Waals surface area contributed by atoms with Crippen LogP contribution in [-0.4, -0.2) is 19.6 Å². The fourth-order valence-corrected chi connectivity index (χ4v) is 2.26. The van der Waals surface area contributed by atoms with Crippen molar-refractivity contribution < 1.29 is 13.9 Å². The molecule has 0 aromatic heterocycles. The van der Waals surface area contributed by atoms with Crippen LogP contribution in [0.3, 0.4) is 0 Å². The molecule has 2 rings (SSSR count). The Morgan fingerprint density at radius 3 is 2.62 bits per heavy atom. The van der Waals surface area contributed by atoms with Gasteiger partial charge < -0.3 is 15.4 Å². The molecule has 0 radical (unpaired) electrons. The van der Waals surface area contributed by atoms with Gasteiger partial charge in [0.1, 0.15) is 0 Å². The second-order valence-electron chi connectivity index (χ2n) is 5.13. The Bertz CT molecular complexity index is 680. The molecule has 0 atom stereocenters. The summed E-state index contributed by atoms with van der Waals surface area (Å²) in [6, 6.07) is 12.2. The maximum atomic E-state index is 13.7. The minimum Gasteiger partial charge on any atom is -0.494 e. The minimum absolute atomic E-state index is 0. The van der Waals surface area contributed by atoms with Crippen molar-refractivity contribution in [3.8, 4) is 5.75 Å². The molecule has 0 spiro atoms. The van der Waals surface area contributed by atoms with Crippen LogP contribution in [0.15, 0.2) is 42.5 Å². The SMILES string of the molecule is CCNCc1ccccc1NC(=O)Cc1ccc(OC)c(F)c1.Cl. The van der Waals surface area contributed by atoms with Crippen LogP contribution >= 0.6 is 12.4 Å². The van der Waals surface area contributed by atoms with E-state index in [1.165, 1.54) is 19.2 Å². The molecule has 0 aliphatic rings. The number of carbonyl (C=O) groups is 1. The summed E-state index contributed by atoms with van der Waals surface area (Å²) in [6.45, 7) is 3.57. The summed E-state index contributed by atoms with van der Waals surface area (Å²) < 4.78 is 18.5. The molecule has 0 aliphatic carbocycles. The van der Waals surface area contributed by atoms with E-state index in [0.29, 0.717) is 12.1 Å². The molecular weight excluding hydrogens is 331 g/mol. The lowest BCUT2D eigenvalue weighted by atomic mass is 10.1. The van der Waals surface area contributed by atoms with Gasteiger partial charge in [-0.05, 0) is 35.9 Å². The highest BCUT2D eigenvalue weighted by Crippen LogP contribution is 2.19. The zero-order valence-electron chi connectivity index (χ0n) is 13.8. The van der Waals surface area contributed by atoms with Crippen molar-refractivity contribution in [2.24, 2.45) is 0 Å². The highest BCUT2D eigenvalue weighted by atomic mass is 35.5. The maximum Gasteiger partial charge on any atom is 0.228 e. The van der Waals surface area contributed by atoms with Crippen LogP contribution in [0, 0.1) is 5.82 Å². The van der Waals surface area contributed by atoms with Crippen LogP contribution in [0.2, 0.25) is 0 Å². The van der Waals surface area contributed by atoms with Crippen molar-refractivity contribution in [1.29, 1.82) is 0 Å². The molecule has 4 nitrogen and oxygen atoms in total. The van der Waals surface area contributed by atoms with E-state index < -0.39 is 5.82 Å². The van der Waals surface area contributed by atoms with Crippen molar-refractivity contribution in [1.82, 2.24) is 5.32 Å². The largest absolute Gasteiger partial charge is 0.494 e. The first-order valence-electron chi connectivity index (χ1n) is 7.55. The molecule has 0 fully saturated rings. The number of rotatable bonds is 7. The number of nitrogens with one attached hydrogen (secondary N) is 2. The second-order valence-corrected chi connectivity index (χ2v) is 5.13. The third kappa shape index (κ3) is 5.51. The van der Waals surface area contributed by atoms with Crippen LogP contribution in [0.5, 0.6) is 5.75 Å². The lowest BCUT2D eigenvalue weighted by Gasteiger charge is -2.11. The number of hydrogen-bond donors (Lipinski definition) is 2. The monoisotopic (exact) mass is 352 g/mol. The number of benzene rings is 2. The van der Waals surface area contributed by atoms with E-state index in [1.807, 2.05) is 31.2 Å². The number of hydrogen-bond acceptors (Lipinski definition) is 3. The van der Waals surface area contributed by atoms with Crippen molar-refractivity contribution >= 4 is 24.0 Å². The molecule has 2 aromatic carbocycles. The van der Waals surface area contributed by atoms with Gasteiger partial charge in [0.15, 0.2) is 11.6 Å². The van der Waals surface area contributed by atoms with Crippen LogP contribution in [0.25, 0.3) is 0 Å².